The fraction of sp³-hybridized carbons (Fsp3) is 0.750. The molecular formula is C12H21N3. The van der Waals surface area contributed by atoms with Crippen molar-refractivity contribution in [3.05, 3.63) is 17.7 Å². The summed E-state index contributed by atoms with van der Waals surface area (Å²) in [6.45, 7) is 6.31. The largest absolute Gasteiger partial charge is 0.332 e. The van der Waals surface area contributed by atoms with Gasteiger partial charge in [0.2, 0.25) is 0 Å². The van der Waals surface area contributed by atoms with E-state index in [1.165, 1.54) is 24.4 Å². The summed E-state index contributed by atoms with van der Waals surface area (Å²) in [5.41, 5.74) is 6.93. The normalized spacial score (nSPS) is 16.3. The molecular weight excluding hydrogens is 186 g/mol. The van der Waals surface area contributed by atoms with Crippen LogP contribution < -0.4 is 5.73 Å². The average Bonchev–Trinajstić information content (AvgIpc) is 2.93. The predicted octanol–water partition coefficient (Wildman–Crippen LogP) is 1.92. The van der Waals surface area contributed by atoms with Crippen molar-refractivity contribution in [1.82, 2.24) is 9.55 Å². The maximum Gasteiger partial charge on any atom is 0.111 e. The zero-order valence-electron chi connectivity index (χ0n) is 9.74. The van der Waals surface area contributed by atoms with Crippen molar-refractivity contribution in [2.45, 2.75) is 45.6 Å². The molecule has 0 unspecified atom stereocenters. The molecule has 1 aliphatic rings. The Kier molecular flexibility index (Phi) is 3.10. The highest BCUT2D eigenvalue weighted by atomic mass is 15.1. The minimum atomic E-state index is 0.674. The second-order valence-electron chi connectivity index (χ2n) is 4.93. The first-order chi connectivity index (χ1) is 7.22. The Bertz CT molecular complexity index is 324. The summed E-state index contributed by atoms with van der Waals surface area (Å²) in [6.07, 6.45) is 5.60. The van der Waals surface area contributed by atoms with Crippen LogP contribution in [0, 0.1) is 5.92 Å². The quantitative estimate of drug-likeness (QED) is 0.801. The summed E-state index contributed by atoms with van der Waals surface area (Å²) in [4.78, 5) is 4.56. The lowest BCUT2D eigenvalue weighted by Gasteiger charge is -2.13. The Morgan fingerprint density at radius 2 is 2.27 bits per heavy atom. The van der Waals surface area contributed by atoms with Crippen molar-refractivity contribution in [3.63, 3.8) is 0 Å². The lowest BCUT2D eigenvalue weighted by atomic mass is 10.2. The molecule has 1 aliphatic carbocycles. The molecule has 0 atom stereocenters. The van der Waals surface area contributed by atoms with E-state index in [0.717, 1.165) is 18.9 Å². The molecule has 3 heteroatoms. The summed E-state index contributed by atoms with van der Waals surface area (Å²) >= 11 is 0. The highest BCUT2D eigenvalue weighted by Crippen LogP contribution is 2.39. The standard InChI is InChI=1S/C12H21N3/c1-9(2)8-15-11(5-6-13)7-14-12(15)10-3-4-10/h7,9-10H,3-6,8,13H2,1-2H3. The van der Waals surface area contributed by atoms with Crippen molar-refractivity contribution in [1.29, 1.82) is 0 Å². The molecule has 0 bridgehead atoms. The van der Waals surface area contributed by atoms with Gasteiger partial charge in [-0.2, -0.15) is 0 Å². The van der Waals surface area contributed by atoms with Gasteiger partial charge in [0.1, 0.15) is 5.82 Å². The molecule has 2 N–H and O–H groups in total. The molecule has 0 radical (unpaired) electrons. The Morgan fingerprint density at radius 3 is 2.80 bits per heavy atom. The predicted molar refractivity (Wildman–Crippen MR) is 61.8 cm³/mol. The van der Waals surface area contributed by atoms with Crippen LogP contribution in [0.15, 0.2) is 6.20 Å². The van der Waals surface area contributed by atoms with Gasteiger partial charge in [-0.15, -0.1) is 0 Å². The van der Waals surface area contributed by atoms with Gasteiger partial charge in [0.15, 0.2) is 0 Å². The third-order valence-electron chi connectivity index (χ3n) is 2.86. The van der Waals surface area contributed by atoms with E-state index in [1.807, 2.05) is 6.20 Å². The number of nitrogens with two attached hydrogens (primary N) is 1. The van der Waals surface area contributed by atoms with E-state index in [-0.39, 0.29) is 0 Å². The van der Waals surface area contributed by atoms with Crippen LogP contribution in [-0.2, 0) is 13.0 Å². The number of nitrogens with zero attached hydrogens (tertiary/aromatic N) is 2. The van der Waals surface area contributed by atoms with Crippen LogP contribution in [0.3, 0.4) is 0 Å². The third-order valence-corrected chi connectivity index (χ3v) is 2.86. The van der Waals surface area contributed by atoms with Gasteiger partial charge in [-0.05, 0) is 25.3 Å². The smallest absolute Gasteiger partial charge is 0.111 e. The number of rotatable bonds is 5. The van der Waals surface area contributed by atoms with Crippen LogP contribution in [0.4, 0.5) is 0 Å². The van der Waals surface area contributed by atoms with Gasteiger partial charge in [-0.25, -0.2) is 4.98 Å². The number of aromatic nitrogens is 2. The van der Waals surface area contributed by atoms with E-state index in [0.29, 0.717) is 12.5 Å². The van der Waals surface area contributed by atoms with Crippen LogP contribution in [0.2, 0.25) is 0 Å². The second kappa shape index (κ2) is 4.35. The molecule has 1 heterocycles. The molecule has 0 amide bonds. The van der Waals surface area contributed by atoms with Crippen LogP contribution >= 0.6 is 0 Å². The van der Waals surface area contributed by atoms with Gasteiger partial charge in [0, 0.05) is 30.8 Å². The van der Waals surface area contributed by atoms with Gasteiger partial charge in [0.25, 0.3) is 0 Å². The topological polar surface area (TPSA) is 43.8 Å². The molecule has 84 valence electrons. The van der Waals surface area contributed by atoms with Crippen molar-refractivity contribution < 1.29 is 0 Å². The maximum atomic E-state index is 5.62. The molecule has 2 rings (SSSR count). The lowest BCUT2D eigenvalue weighted by Crippen LogP contribution is -2.14. The molecule has 1 aromatic heterocycles. The summed E-state index contributed by atoms with van der Waals surface area (Å²) in [5, 5.41) is 0. The first kappa shape index (κ1) is 10.7. The first-order valence-electron chi connectivity index (χ1n) is 5.96. The number of hydrogen-bond acceptors (Lipinski definition) is 2. The summed E-state index contributed by atoms with van der Waals surface area (Å²) in [5.74, 6) is 2.70. The zero-order chi connectivity index (χ0) is 10.8. The molecule has 0 aliphatic heterocycles. The Morgan fingerprint density at radius 1 is 1.53 bits per heavy atom. The Balaban J connectivity index is 2.22. The van der Waals surface area contributed by atoms with Gasteiger partial charge in [-0.3, -0.25) is 0 Å². The lowest BCUT2D eigenvalue weighted by molar-refractivity contribution is 0.494. The first-order valence-corrected chi connectivity index (χ1v) is 5.96. The molecule has 3 nitrogen and oxygen atoms in total. The minimum absolute atomic E-state index is 0.674. The monoisotopic (exact) mass is 207 g/mol. The van der Waals surface area contributed by atoms with E-state index >= 15 is 0 Å². The maximum absolute atomic E-state index is 5.62. The van der Waals surface area contributed by atoms with Crippen LogP contribution in [-0.4, -0.2) is 16.1 Å². The zero-order valence-corrected chi connectivity index (χ0v) is 9.74. The highest BCUT2D eigenvalue weighted by molar-refractivity contribution is 5.14. The fourth-order valence-electron chi connectivity index (χ4n) is 2.02. The number of hydrogen-bond donors (Lipinski definition) is 1. The summed E-state index contributed by atoms with van der Waals surface area (Å²) < 4.78 is 2.40. The van der Waals surface area contributed by atoms with E-state index in [9.17, 15) is 0 Å². The Labute approximate surface area is 91.7 Å². The number of imidazole rings is 1. The third kappa shape index (κ3) is 2.40. The van der Waals surface area contributed by atoms with E-state index < -0.39 is 0 Å². The van der Waals surface area contributed by atoms with Gasteiger partial charge in [0.05, 0.1) is 0 Å². The fourth-order valence-corrected chi connectivity index (χ4v) is 2.02. The van der Waals surface area contributed by atoms with Crippen LogP contribution in [0.1, 0.15) is 44.1 Å². The van der Waals surface area contributed by atoms with Crippen molar-refractivity contribution in [2.75, 3.05) is 6.54 Å². The van der Waals surface area contributed by atoms with Crippen LogP contribution in [0.5, 0.6) is 0 Å². The van der Waals surface area contributed by atoms with Crippen molar-refractivity contribution in [2.24, 2.45) is 11.7 Å². The second-order valence-corrected chi connectivity index (χ2v) is 4.93. The molecule has 15 heavy (non-hydrogen) atoms. The van der Waals surface area contributed by atoms with Crippen LogP contribution in [0.25, 0.3) is 0 Å². The molecule has 1 aromatic rings. The molecule has 0 aromatic carbocycles. The highest BCUT2D eigenvalue weighted by Gasteiger charge is 2.29. The van der Waals surface area contributed by atoms with Crippen molar-refractivity contribution >= 4 is 0 Å². The summed E-state index contributed by atoms with van der Waals surface area (Å²) in [7, 11) is 0. The van der Waals surface area contributed by atoms with E-state index in [4.69, 9.17) is 5.73 Å². The molecule has 1 fully saturated rings. The van der Waals surface area contributed by atoms with E-state index in [1.54, 1.807) is 0 Å². The van der Waals surface area contributed by atoms with Crippen molar-refractivity contribution in [3.8, 4) is 0 Å². The molecule has 1 saturated carbocycles. The Hall–Kier alpha value is -0.830. The van der Waals surface area contributed by atoms with Gasteiger partial charge >= 0.3 is 0 Å². The van der Waals surface area contributed by atoms with E-state index in [2.05, 4.69) is 23.4 Å². The summed E-state index contributed by atoms with van der Waals surface area (Å²) in [6, 6.07) is 0. The van der Waals surface area contributed by atoms with Gasteiger partial charge < -0.3 is 10.3 Å². The SMILES string of the molecule is CC(C)Cn1c(CCN)cnc1C1CC1. The molecule has 0 saturated heterocycles. The molecule has 0 spiro atoms. The minimum Gasteiger partial charge on any atom is -0.332 e. The average molecular weight is 207 g/mol. The van der Waals surface area contributed by atoms with Gasteiger partial charge in [-0.1, -0.05) is 13.8 Å².